The van der Waals surface area contributed by atoms with Crippen LogP contribution in [0.1, 0.15) is 60.5 Å². The van der Waals surface area contributed by atoms with Gasteiger partial charge in [0, 0.05) is 37.3 Å². The predicted octanol–water partition coefficient (Wildman–Crippen LogP) is 5.16. The molecule has 2 unspecified atom stereocenters. The van der Waals surface area contributed by atoms with E-state index in [-0.39, 0.29) is 28.2 Å². The summed E-state index contributed by atoms with van der Waals surface area (Å²) in [5, 5.41) is 11.0. The number of hydrogen-bond donors (Lipinski definition) is 2. The van der Waals surface area contributed by atoms with Crippen LogP contribution in [0.15, 0.2) is 87.4 Å². The van der Waals surface area contributed by atoms with E-state index < -0.39 is 21.6 Å². The highest BCUT2D eigenvalue weighted by molar-refractivity contribution is 7.92. The maximum atomic E-state index is 13.3. The molecular weight excluding hydrogens is 502 g/mol. The smallest absolute Gasteiger partial charge is 0.343 e. The number of hydrogen-bond acceptors (Lipinski definition) is 6. The summed E-state index contributed by atoms with van der Waals surface area (Å²) >= 11 is 0. The summed E-state index contributed by atoms with van der Waals surface area (Å²) in [6, 6.07) is 18.5. The highest BCUT2D eigenvalue weighted by Crippen LogP contribution is 2.48. The third kappa shape index (κ3) is 5.52. The lowest BCUT2D eigenvalue weighted by molar-refractivity contribution is 0.395. The van der Waals surface area contributed by atoms with E-state index in [1.54, 1.807) is 35.9 Å². The summed E-state index contributed by atoms with van der Waals surface area (Å²) in [5.41, 5.74) is 1.91. The van der Waals surface area contributed by atoms with Gasteiger partial charge in [0.25, 0.3) is 10.0 Å². The molecule has 0 bridgehead atoms. The first-order valence-corrected chi connectivity index (χ1v) is 14.2. The zero-order chi connectivity index (χ0) is 26.9. The lowest BCUT2D eigenvalue weighted by Gasteiger charge is -2.20. The number of aromatic nitrogens is 2. The summed E-state index contributed by atoms with van der Waals surface area (Å²) in [4.78, 5) is 17.2. The minimum absolute atomic E-state index is 0.0843. The maximum absolute atomic E-state index is 13.3. The number of benzene rings is 2. The lowest BCUT2D eigenvalue weighted by atomic mass is 9.86. The highest BCUT2D eigenvalue weighted by atomic mass is 32.2. The molecule has 9 heteroatoms. The number of anilines is 1. The van der Waals surface area contributed by atoms with E-state index >= 15 is 0 Å². The molecular formula is C29H31N3O5S. The van der Waals surface area contributed by atoms with E-state index in [2.05, 4.69) is 28.8 Å². The molecule has 1 fully saturated rings. The van der Waals surface area contributed by atoms with Crippen molar-refractivity contribution < 1.29 is 17.9 Å². The van der Waals surface area contributed by atoms with Crippen molar-refractivity contribution in [3.63, 3.8) is 0 Å². The molecule has 1 saturated carbocycles. The molecule has 0 spiro atoms. The Kier molecular flexibility index (Phi) is 7.12. The third-order valence-corrected chi connectivity index (χ3v) is 8.35. The Morgan fingerprint density at radius 2 is 1.84 bits per heavy atom. The molecule has 0 amide bonds. The van der Waals surface area contributed by atoms with E-state index in [4.69, 9.17) is 4.42 Å². The Morgan fingerprint density at radius 3 is 2.47 bits per heavy atom. The van der Waals surface area contributed by atoms with Gasteiger partial charge in [0.2, 0.25) is 0 Å². The number of nitrogens with one attached hydrogen (secondary N) is 1. The van der Waals surface area contributed by atoms with E-state index in [1.165, 1.54) is 12.5 Å². The number of sulfonamides is 1. The molecule has 4 aromatic rings. The second kappa shape index (κ2) is 10.5. The standard InChI is InChI=1S/C29H31N3O5S/c1-3-19(20-8-5-4-6-9-20)15-24-16-25(33)28(29(34)37-24)27(21-12-13-21)22-10-7-11-23(14-22)31-38(35,36)26-17-32(2)18-30-26/h4-11,14,16-19,21,27,31,33H,3,12-13,15H2,1-2H3. The molecule has 0 radical (unpaired) electrons. The number of imidazole rings is 1. The van der Waals surface area contributed by atoms with Crippen LogP contribution in [0.25, 0.3) is 0 Å². The second-order valence-corrected chi connectivity index (χ2v) is 11.6. The van der Waals surface area contributed by atoms with Crippen LogP contribution in [-0.2, 0) is 23.5 Å². The van der Waals surface area contributed by atoms with Gasteiger partial charge in [-0.05, 0) is 54.4 Å². The van der Waals surface area contributed by atoms with Crippen molar-refractivity contribution in [1.29, 1.82) is 0 Å². The van der Waals surface area contributed by atoms with Gasteiger partial charge in [-0.2, -0.15) is 8.42 Å². The van der Waals surface area contributed by atoms with E-state index in [1.807, 2.05) is 24.3 Å². The summed E-state index contributed by atoms with van der Waals surface area (Å²) in [5.74, 6) is 0.266. The monoisotopic (exact) mass is 533 g/mol. The molecule has 0 aliphatic heterocycles. The second-order valence-electron chi connectivity index (χ2n) is 9.94. The van der Waals surface area contributed by atoms with Gasteiger partial charge in [0.15, 0.2) is 5.03 Å². The lowest BCUT2D eigenvalue weighted by Crippen LogP contribution is -2.18. The predicted molar refractivity (Wildman–Crippen MR) is 145 cm³/mol. The molecule has 1 aliphatic rings. The van der Waals surface area contributed by atoms with Crippen LogP contribution in [0.5, 0.6) is 5.75 Å². The Labute approximate surface area is 222 Å². The van der Waals surface area contributed by atoms with Gasteiger partial charge < -0.3 is 14.1 Å². The molecule has 2 heterocycles. The van der Waals surface area contributed by atoms with E-state index in [0.717, 1.165) is 30.4 Å². The van der Waals surface area contributed by atoms with E-state index in [0.29, 0.717) is 17.9 Å². The number of aryl methyl sites for hydroxylation is 1. The SMILES string of the molecule is CCC(Cc1cc(O)c(C(c2cccc(NS(=O)(=O)c3cn(C)cn3)c2)C2CC2)c(=O)o1)c1ccccc1. The van der Waals surface area contributed by atoms with Crippen molar-refractivity contribution in [3.05, 3.63) is 106 Å². The fourth-order valence-electron chi connectivity index (χ4n) is 5.03. The molecule has 8 nitrogen and oxygen atoms in total. The maximum Gasteiger partial charge on any atom is 0.343 e. The first kappa shape index (κ1) is 25.8. The van der Waals surface area contributed by atoms with Crippen molar-refractivity contribution >= 4 is 15.7 Å². The molecule has 38 heavy (non-hydrogen) atoms. The van der Waals surface area contributed by atoms with Crippen molar-refractivity contribution in [3.8, 4) is 5.75 Å². The van der Waals surface area contributed by atoms with Gasteiger partial charge in [-0.1, -0.05) is 49.4 Å². The summed E-state index contributed by atoms with van der Waals surface area (Å²) in [7, 11) is -2.18. The normalized spacial score (nSPS) is 15.2. The largest absolute Gasteiger partial charge is 0.507 e. The molecule has 2 aromatic heterocycles. The zero-order valence-corrected chi connectivity index (χ0v) is 22.2. The Morgan fingerprint density at radius 1 is 1.11 bits per heavy atom. The molecule has 5 rings (SSSR count). The van der Waals surface area contributed by atoms with Crippen molar-refractivity contribution in [2.24, 2.45) is 13.0 Å². The van der Waals surface area contributed by atoms with Crippen molar-refractivity contribution in [2.75, 3.05) is 4.72 Å². The molecule has 2 aromatic carbocycles. The number of nitrogens with zero attached hydrogens (tertiary/aromatic N) is 2. The van der Waals surface area contributed by atoms with Gasteiger partial charge in [0.1, 0.15) is 11.5 Å². The quantitative estimate of drug-likeness (QED) is 0.291. The van der Waals surface area contributed by atoms with Crippen LogP contribution < -0.4 is 10.3 Å². The van der Waals surface area contributed by atoms with Crippen LogP contribution in [0.4, 0.5) is 5.69 Å². The average molecular weight is 534 g/mol. The zero-order valence-electron chi connectivity index (χ0n) is 21.4. The molecule has 0 saturated heterocycles. The fourth-order valence-corrected chi connectivity index (χ4v) is 6.06. The Hall–Kier alpha value is -3.85. The Bertz CT molecular complexity index is 1590. The summed E-state index contributed by atoms with van der Waals surface area (Å²) < 4.78 is 35.4. The highest BCUT2D eigenvalue weighted by Gasteiger charge is 2.37. The van der Waals surface area contributed by atoms with Crippen LogP contribution in [0.2, 0.25) is 0 Å². The average Bonchev–Trinajstić information content (AvgIpc) is 3.63. The topological polar surface area (TPSA) is 114 Å². The van der Waals surface area contributed by atoms with Crippen molar-refractivity contribution in [2.45, 2.75) is 49.5 Å². The van der Waals surface area contributed by atoms with Crippen LogP contribution in [0.3, 0.4) is 0 Å². The van der Waals surface area contributed by atoms with Crippen LogP contribution in [0, 0.1) is 5.92 Å². The van der Waals surface area contributed by atoms with Gasteiger partial charge in [-0.3, -0.25) is 4.72 Å². The Balaban J connectivity index is 1.44. The molecule has 1 aliphatic carbocycles. The minimum Gasteiger partial charge on any atom is -0.507 e. The third-order valence-electron chi connectivity index (χ3n) is 7.09. The number of aromatic hydroxyl groups is 1. The molecule has 198 valence electrons. The van der Waals surface area contributed by atoms with Crippen LogP contribution >= 0.6 is 0 Å². The first-order valence-electron chi connectivity index (χ1n) is 12.8. The minimum atomic E-state index is -3.87. The van der Waals surface area contributed by atoms with Gasteiger partial charge in [0.05, 0.1) is 11.9 Å². The summed E-state index contributed by atoms with van der Waals surface area (Å²) in [6.07, 6.45) is 6.01. The van der Waals surface area contributed by atoms with Crippen molar-refractivity contribution in [1.82, 2.24) is 9.55 Å². The van der Waals surface area contributed by atoms with E-state index in [9.17, 15) is 18.3 Å². The van der Waals surface area contributed by atoms with Crippen LogP contribution in [-0.4, -0.2) is 23.1 Å². The number of rotatable bonds is 10. The fraction of sp³-hybridized carbons (Fsp3) is 0.310. The molecule has 2 N–H and O–H groups in total. The van der Waals surface area contributed by atoms with Gasteiger partial charge >= 0.3 is 5.63 Å². The molecule has 2 atom stereocenters. The first-order chi connectivity index (χ1) is 18.2. The van der Waals surface area contributed by atoms with Gasteiger partial charge in [-0.25, -0.2) is 9.78 Å². The summed E-state index contributed by atoms with van der Waals surface area (Å²) in [6.45, 7) is 2.09. The van der Waals surface area contributed by atoms with Gasteiger partial charge in [-0.15, -0.1) is 0 Å².